The Hall–Kier alpha value is -2.13. The summed E-state index contributed by atoms with van der Waals surface area (Å²) in [6, 6.07) is 2.07. The molecule has 0 bridgehead atoms. The van der Waals surface area contributed by atoms with Crippen LogP contribution < -0.4 is 5.56 Å². The second kappa shape index (κ2) is 5.24. The number of nitrogens with zero attached hydrogens (tertiary/aromatic N) is 4. The molecule has 2 heterocycles. The Morgan fingerprint density at radius 1 is 1.53 bits per heavy atom. The molecule has 19 heavy (non-hydrogen) atoms. The predicted molar refractivity (Wildman–Crippen MR) is 70.2 cm³/mol. The van der Waals surface area contributed by atoms with Gasteiger partial charge >= 0.3 is 0 Å². The summed E-state index contributed by atoms with van der Waals surface area (Å²) < 4.78 is 8.32. The first-order chi connectivity index (χ1) is 9.15. The van der Waals surface area contributed by atoms with Crippen LogP contribution in [0.25, 0.3) is 5.65 Å². The van der Waals surface area contributed by atoms with Gasteiger partial charge in [0, 0.05) is 24.9 Å². The van der Waals surface area contributed by atoms with Crippen molar-refractivity contribution < 1.29 is 4.74 Å². The van der Waals surface area contributed by atoms with Crippen molar-refractivity contribution in [3.8, 4) is 6.07 Å². The fourth-order valence-corrected chi connectivity index (χ4v) is 2.30. The molecule has 6 nitrogen and oxygen atoms in total. The van der Waals surface area contributed by atoms with Gasteiger partial charge in [0.25, 0.3) is 5.56 Å². The maximum atomic E-state index is 12.3. The Bertz CT molecular complexity index is 706. The van der Waals surface area contributed by atoms with Crippen LogP contribution in [0.1, 0.15) is 23.7 Å². The van der Waals surface area contributed by atoms with Gasteiger partial charge in [-0.1, -0.05) is 6.92 Å². The standard InChI is InChI=1S/C13H16N4O2/c1-4-11-9(2)16(5-6-19-3)12-10(7-14)8-15-17(12)13(11)18/h8H,4-6H2,1-3H3. The Kier molecular flexibility index (Phi) is 3.67. The van der Waals surface area contributed by atoms with Gasteiger partial charge in [0.1, 0.15) is 11.6 Å². The molecular weight excluding hydrogens is 244 g/mol. The van der Waals surface area contributed by atoms with E-state index in [-0.39, 0.29) is 5.56 Å². The molecule has 2 rings (SSSR count). The molecule has 0 aliphatic heterocycles. The molecule has 0 radical (unpaired) electrons. The van der Waals surface area contributed by atoms with E-state index in [4.69, 9.17) is 10.00 Å². The van der Waals surface area contributed by atoms with Gasteiger partial charge in [0.05, 0.1) is 12.8 Å². The largest absolute Gasteiger partial charge is 0.383 e. The highest BCUT2D eigenvalue weighted by atomic mass is 16.5. The van der Waals surface area contributed by atoms with Crippen LogP contribution in [0.4, 0.5) is 0 Å². The van der Waals surface area contributed by atoms with Gasteiger partial charge in [-0.15, -0.1) is 0 Å². The molecule has 0 N–H and O–H groups in total. The Labute approximate surface area is 110 Å². The van der Waals surface area contributed by atoms with Crippen molar-refractivity contribution in [1.82, 2.24) is 14.2 Å². The Morgan fingerprint density at radius 3 is 2.84 bits per heavy atom. The molecule has 0 spiro atoms. The summed E-state index contributed by atoms with van der Waals surface area (Å²) in [6.07, 6.45) is 2.06. The second-order valence-electron chi connectivity index (χ2n) is 4.27. The van der Waals surface area contributed by atoms with E-state index in [0.717, 1.165) is 11.3 Å². The molecule has 0 aliphatic carbocycles. The lowest BCUT2D eigenvalue weighted by atomic mass is 10.2. The van der Waals surface area contributed by atoms with Crippen molar-refractivity contribution in [2.45, 2.75) is 26.8 Å². The predicted octanol–water partition coefficient (Wildman–Crippen LogP) is 0.885. The smallest absolute Gasteiger partial charge is 0.277 e. The Morgan fingerprint density at radius 2 is 2.26 bits per heavy atom. The van der Waals surface area contributed by atoms with Crippen LogP contribution >= 0.6 is 0 Å². The summed E-state index contributed by atoms with van der Waals surface area (Å²) in [4.78, 5) is 12.3. The normalized spacial score (nSPS) is 10.8. The van der Waals surface area contributed by atoms with E-state index in [9.17, 15) is 4.79 Å². The van der Waals surface area contributed by atoms with Crippen LogP contribution in [0, 0.1) is 18.3 Å². The number of aromatic nitrogens is 3. The second-order valence-corrected chi connectivity index (χ2v) is 4.27. The number of hydrogen-bond acceptors (Lipinski definition) is 4. The SMILES string of the molecule is CCc1c(C)n(CCOC)c2c(C#N)cnn2c1=O. The molecule has 100 valence electrons. The molecule has 0 atom stereocenters. The van der Waals surface area contributed by atoms with Crippen LogP contribution in [-0.4, -0.2) is 27.9 Å². The van der Waals surface area contributed by atoms with Gasteiger partial charge in [-0.25, -0.2) is 0 Å². The molecule has 0 saturated heterocycles. The number of methoxy groups -OCH3 is 1. The molecule has 0 amide bonds. The third kappa shape index (κ3) is 2.02. The first-order valence-electron chi connectivity index (χ1n) is 6.14. The van der Waals surface area contributed by atoms with Gasteiger partial charge in [0.15, 0.2) is 5.65 Å². The lowest BCUT2D eigenvalue weighted by Gasteiger charge is -2.15. The number of hydrogen-bond donors (Lipinski definition) is 0. The van der Waals surface area contributed by atoms with Crippen molar-refractivity contribution in [1.29, 1.82) is 5.26 Å². The number of rotatable bonds is 4. The van der Waals surface area contributed by atoms with E-state index in [1.807, 2.05) is 18.4 Å². The topological polar surface area (TPSA) is 72.3 Å². The van der Waals surface area contributed by atoms with E-state index in [2.05, 4.69) is 11.2 Å². The van der Waals surface area contributed by atoms with Crippen molar-refractivity contribution in [3.05, 3.63) is 33.4 Å². The van der Waals surface area contributed by atoms with Crippen LogP contribution in [0.5, 0.6) is 0 Å². The zero-order chi connectivity index (χ0) is 14.0. The first kappa shape index (κ1) is 13.3. The van der Waals surface area contributed by atoms with Crippen LogP contribution in [0.3, 0.4) is 0 Å². The highest BCUT2D eigenvalue weighted by molar-refractivity contribution is 5.56. The minimum absolute atomic E-state index is 0.148. The summed E-state index contributed by atoms with van der Waals surface area (Å²) in [5.41, 5.74) is 2.38. The molecule has 0 fully saturated rings. The van der Waals surface area contributed by atoms with E-state index in [1.54, 1.807) is 7.11 Å². The minimum Gasteiger partial charge on any atom is -0.383 e. The molecule has 0 saturated carbocycles. The Balaban J connectivity index is 2.85. The molecule has 0 unspecified atom stereocenters. The van der Waals surface area contributed by atoms with Crippen LogP contribution in [-0.2, 0) is 17.7 Å². The molecular formula is C13H16N4O2. The van der Waals surface area contributed by atoms with Gasteiger partial charge in [-0.2, -0.15) is 14.9 Å². The van der Waals surface area contributed by atoms with E-state index in [0.29, 0.717) is 30.8 Å². The van der Waals surface area contributed by atoms with Crippen molar-refractivity contribution >= 4 is 5.65 Å². The lowest BCUT2D eigenvalue weighted by molar-refractivity contribution is 0.187. The van der Waals surface area contributed by atoms with Gasteiger partial charge < -0.3 is 9.30 Å². The molecule has 2 aromatic heterocycles. The highest BCUT2D eigenvalue weighted by Crippen LogP contribution is 2.14. The maximum Gasteiger partial charge on any atom is 0.277 e. The third-order valence-electron chi connectivity index (χ3n) is 3.28. The number of nitriles is 1. The van der Waals surface area contributed by atoms with E-state index < -0.39 is 0 Å². The molecule has 0 aromatic carbocycles. The zero-order valence-electron chi connectivity index (χ0n) is 11.3. The summed E-state index contributed by atoms with van der Waals surface area (Å²) >= 11 is 0. The average molecular weight is 260 g/mol. The highest BCUT2D eigenvalue weighted by Gasteiger charge is 2.16. The molecule has 6 heteroatoms. The zero-order valence-corrected chi connectivity index (χ0v) is 11.3. The van der Waals surface area contributed by atoms with Crippen LogP contribution in [0.15, 0.2) is 11.0 Å². The average Bonchev–Trinajstić information content (AvgIpc) is 2.83. The third-order valence-corrected chi connectivity index (χ3v) is 3.28. The van der Waals surface area contributed by atoms with E-state index in [1.165, 1.54) is 10.7 Å². The quantitative estimate of drug-likeness (QED) is 0.818. The lowest BCUT2D eigenvalue weighted by Crippen LogP contribution is -2.26. The summed E-state index contributed by atoms with van der Waals surface area (Å²) in [5.74, 6) is 0. The minimum atomic E-state index is -0.148. The van der Waals surface area contributed by atoms with Crippen molar-refractivity contribution in [2.24, 2.45) is 0 Å². The fourth-order valence-electron chi connectivity index (χ4n) is 2.30. The number of ether oxygens (including phenoxy) is 1. The molecule has 0 aliphatic rings. The molecule has 2 aromatic rings. The summed E-state index contributed by atoms with van der Waals surface area (Å²) in [5, 5.41) is 13.2. The summed E-state index contributed by atoms with van der Waals surface area (Å²) in [6.45, 7) is 4.92. The van der Waals surface area contributed by atoms with Crippen molar-refractivity contribution in [2.75, 3.05) is 13.7 Å². The summed E-state index contributed by atoms with van der Waals surface area (Å²) in [7, 11) is 1.62. The van der Waals surface area contributed by atoms with Gasteiger partial charge in [0.2, 0.25) is 0 Å². The van der Waals surface area contributed by atoms with Gasteiger partial charge in [-0.05, 0) is 13.3 Å². The van der Waals surface area contributed by atoms with Gasteiger partial charge in [-0.3, -0.25) is 4.79 Å². The maximum absolute atomic E-state index is 12.3. The van der Waals surface area contributed by atoms with Crippen molar-refractivity contribution in [3.63, 3.8) is 0 Å². The fraction of sp³-hybridized carbons (Fsp3) is 0.462. The number of fused-ring (bicyclic) bond motifs is 1. The van der Waals surface area contributed by atoms with Crippen LogP contribution in [0.2, 0.25) is 0 Å². The first-order valence-corrected chi connectivity index (χ1v) is 6.14. The van der Waals surface area contributed by atoms with E-state index >= 15 is 0 Å². The monoisotopic (exact) mass is 260 g/mol.